The molecule has 0 fully saturated rings. The van der Waals surface area contributed by atoms with E-state index in [1.54, 1.807) is 30.3 Å². The van der Waals surface area contributed by atoms with Gasteiger partial charge in [-0.05, 0) is 23.8 Å². The van der Waals surface area contributed by atoms with Crippen LogP contribution in [0.4, 0.5) is 4.39 Å². The van der Waals surface area contributed by atoms with Gasteiger partial charge >= 0.3 is 0 Å². The average Bonchev–Trinajstić information content (AvgIpc) is 2.41. The van der Waals surface area contributed by atoms with Crippen LogP contribution in [0.1, 0.15) is 11.1 Å². The van der Waals surface area contributed by atoms with Crippen LogP contribution in [0.5, 0.6) is 11.5 Å². The molecule has 2 aromatic rings. The van der Waals surface area contributed by atoms with Gasteiger partial charge in [0.05, 0.1) is 7.11 Å². The Morgan fingerprint density at radius 1 is 1.26 bits per heavy atom. The van der Waals surface area contributed by atoms with Crippen LogP contribution < -0.4 is 4.74 Å². The van der Waals surface area contributed by atoms with Gasteiger partial charge < -0.3 is 9.84 Å². The summed E-state index contributed by atoms with van der Waals surface area (Å²) in [6, 6.07) is 9.65. The standard InChI is InChI=1S/C15H12BrFO2/c1-9(10-5-3-4-6-13(10)18)14-11(16)7-8-12(17)15(14)19-2/h3-8,18H,1H2,2H3. The predicted octanol–water partition coefficient (Wildman–Crippen LogP) is 4.36. The molecule has 19 heavy (non-hydrogen) atoms. The Morgan fingerprint density at radius 3 is 2.58 bits per heavy atom. The Bertz CT molecular complexity index is 638. The van der Waals surface area contributed by atoms with Crippen molar-refractivity contribution in [3.05, 3.63) is 64.4 Å². The van der Waals surface area contributed by atoms with E-state index in [2.05, 4.69) is 22.5 Å². The van der Waals surface area contributed by atoms with Gasteiger partial charge in [-0.3, -0.25) is 0 Å². The highest BCUT2D eigenvalue weighted by atomic mass is 79.9. The van der Waals surface area contributed by atoms with Gasteiger partial charge in [-0.15, -0.1) is 0 Å². The van der Waals surface area contributed by atoms with Crippen molar-refractivity contribution in [2.24, 2.45) is 0 Å². The summed E-state index contributed by atoms with van der Waals surface area (Å²) in [5.74, 6) is -0.286. The highest BCUT2D eigenvalue weighted by Gasteiger charge is 2.18. The van der Waals surface area contributed by atoms with E-state index in [-0.39, 0.29) is 11.5 Å². The zero-order valence-corrected chi connectivity index (χ0v) is 11.9. The van der Waals surface area contributed by atoms with E-state index in [9.17, 15) is 9.50 Å². The molecule has 1 N–H and O–H groups in total. The van der Waals surface area contributed by atoms with Crippen LogP contribution in [0.3, 0.4) is 0 Å². The number of methoxy groups -OCH3 is 1. The largest absolute Gasteiger partial charge is 0.507 e. The lowest BCUT2D eigenvalue weighted by atomic mass is 9.98. The van der Waals surface area contributed by atoms with Gasteiger partial charge in [-0.2, -0.15) is 0 Å². The van der Waals surface area contributed by atoms with Gasteiger partial charge in [-0.25, -0.2) is 4.39 Å². The smallest absolute Gasteiger partial charge is 0.165 e. The quantitative estimate of drug-likeness (QED) is 0.909. The summed E-state index contributed by atoms with van der Waals surface area (Å²) in [5, 5.41) is 9.86. The van der Waals surface area contributed by atoms with E-state index in [1.807, 2.05) is 0 Å². The van der Waals surface area contributed by atoms with Crippen LogP contribution in [0.2, 0.25) is 0 Å². The second-order valence-corrected chi connectivity index (χ2v) is 4.79. The third kappa shape index (κ3) is 2.49. The first kappa shape index (κ1) is 13.6. The highest BCUT2D eigenvalue weighted by molar-refractivity contribution is 9.10. The number of benzene rings is 2. The van der Waals surface area contributed by atoms with E-state index in [0.29, 0.717) is 21.2 Å². The minimum atomic E-state index is -0.475. The van der Waals surface area contributed by atoms with Crippen LogP contribution in [-0.4, -0.2) is 12.2 Å². The molecular formula is C15H12BrFO2. The summed E-state index contributed by atoms with van der Waals surface area (Å²) in [4.78, 5) is 0. The number of hydrogen-bond acceptors (Lipinski definition) is 2. The second kappa shape index (κ2) is 5.45. The van der Waals surface area contributed by atoms with Gasteiger partial charge in [0.15, 0.2) is 11.6 Å². The molecule has 0 aliphatic heterocycles. The fraction of sp³-hybridized carbons (Fsp3) is 0.0667. The molecule has 0 spiro atoms. The maximum absolute atomic E-state index is 13.8. The normalized spacial score (nSPS) is 10.3. The van der Waals surface area contributed by atoms with Crippen molar-refractivity contribution in [2.45, 2.75) is 0 Å². The molecular weight excluding hydrogens is 311 g/mol. The predicted molar refractivity (Wildman–Crippen MR) is 76.9 cm³/mol. The Hall–Kier alpha value is -1.81. The number of hydrogen-bond donors (Lipinski definition) is 1. The minimum absolute atomic E-state index is 0.0886. The average molecular weight is 323 g/mol. The highest BCUT2D eigenvalue weighted by Crippen LogP contribution is 2.39. The molecule has 0 radical (unpaired) electrons. The molecule has 2 nitrogen and oxygen atoms in total. The molecule has 98 valence electrons. The van der Waals surface area contributed by atoms with Crippen molar-refractivity contribution in [3.63, 3.8) is 0 Å². The van der Waals surface area contributed by atoms with Crippen molar-refractivity contribution in [3.8, 4) is 11.5 Å². The van der Waals surface area contributed by atoms with Gasteiger partial charge in [0.25, 0.3) is 0 Å². The van der Waals surface area contributed by atoms with Crippen LogP contribution in [0, 0.1) is 5.82 Å². The Labute approximate surface area is 119 Å². The Morgan fingerprint density at radius 2 is 1.95 bits per heavy atom. The molecule has 4 heteroatoms. The number of aromatic hydroxyl groups is 1. The fourth-order valence-electron chi connectivity index (χ4n) is 1.88. The third-order valence-electron chi connectivity index (χ3n) is 2.79. The molecule has 2 aromatic carbocycles. The Kier molecular flexibility index (Phi) is 3.90. The van der Waals surface area contributed by atoms with Gasteiger partial charge in [-0.1, -0.05) is 40.7 Å². The van der Waals surface area contributed by atoms with Crippen molar-refractivity contribution in [2.75, 3.05) is 7.11 Å². The molecule has 2 rings (SSSR count). The summed E-state index contributed by atoms with van der Waals surface area (Å²) in [5.41, 5.74) is 1.51. The lowest BCUT2D eigenvalue weighted by molar-refractivity contribution is 0.385. The zero-order valence-electron chi connectivity index (χ0n) is 10.3. The molecule has 0 aliphatic rings. The van der Waals surface area contributed by atoms with E-state index in [1.165, 1.54) is 13.2 Å². The number of para-hydroxylation sites is 1. The minimum Gasteiger partial charge on any atom is -0.507 e. The first-order valence-electron chi connectivity index (χ1n) is 5.56. The van der Waals surface area contributed by atoms with E-state index in [4.69, 9.17) is 4.74 Å². The topological polar surface area (TPSA) is 29.5 Å². The van der Waals surface area contributed by atoms with Gasteiger partial charge in [0.2, 0.25) is 0 Å². The molecule has 0 amide bonds. The maximum atomic E-state index is 13.8. The molecule has 0 unspecified atom stereocenters. The zero-order chi connectivity index (χ0) is 14.0. The first-order valence-corrected chi connectivity index (χ1v) is 6.35. The van der Waals surface area contributed by atoms with Crippen molar-refractivity contribution in [1.82, 2.24) is 0 Å². The van der Waals surface area contributed by atoms with E-state index >= 15 is 0 Å². The maximum Gasteiger partial charge on any atom is 0.165 e. The summed E-state index contributed by atoms with van der Waals surface area (Å²) in [6.45, 7) is 3.93. The Balaban J connectivity index is 2.63. The van der Waals surface area contributed by atoms with Gasteiger partial charge in [0.1, 0.15) is 5.75 Å². The number of ether oxygens (including phenoxy) is 1. The molecule has 0 saturated carbocycles. The number of rotatable bonds is 3. The lowest BCUT2D eigenvalue weighted by Gasteiger charge is -2.15. The van der Waals surface area contributed by atoms with Crippen LogP contribution in [0.25, 0.3) is 5.57 Å². The van der Waals surface area contributed by atoms with Crippen molar-refractivity contribution < 1.29 is 14.2 Å². The lowest BCUT2D eigenvalue weighted by Crippen LogP contribution is -1.97. The van der Waals surface area contributed by atoms with E-state index < -0.39 is 5.82 Å². The van der Waals surface area contributed by atoms with Crippen LogP contribution in [-0.2, 0) is 0 Å². The third-order valence-corrected chi connectivity index (χ3v) is 3.45. The van der Waals surface area contributed by atoms with Crippen LogP contribution >= 0.6 is 15.9 Å². The van der Waals surface area contributed by atoms with Crippen molar-refractivity contribution >= 4 is 21.5 Å². The first-order chi connectivity index (χ1) is 9.06. The molecule has 0 aromatic heterocycles. The summed E-state index contributed by atoms with van der Waals surface area (Å²) in [6.07, 6.45) is 0. The molecule has 0 bridgehead atoms. The van der Waals surface area contributed by atoms with Crippen molar-refractivity contribution in [1.29, 1.82) is 0 Å². The number of halogens is 2. The second-order valence-electron chi connectivity index (χ2n) is 3.93. The fourth-order valence-corrected chi connectivity index (χ4v) is 2.43. The van der Waals surface area contributed by atoms with E-state index in [0.717, 1.165) is 0 Å². The summed E-state index contributed by atoms with van der Waals surface area (Å²) < 4.78 is 19.5. The number of phenols is 1. The van der Waals surface area contributed by atoms with Crippen LogP contribution in [0.15, 0.2) is 47.4 Å². The summed E-state index contributed by atoms with van der Waals surface area (Å²) >= 11 is 3.36. The molecule has 0 aliphatic carbocycles. The monoisotopic (exact) mass is 322 g/mol. The molecule has 0 atom stereocenters. The molecule has 0 heterocycles. The SMILES string of the molecule is C=C(c1ccccc1O)c1c(Br)ccc(F)c1OC. The summed E-state index contributed by atoms with van der Waals surface area (Å²) in [7, 11) is 1.40. The number of phenolic OH excluding ortho intramolecular Hbond substituents is 1. The molecule has 0 saturated heterocycles. The van der Waals surface area contributed by atoms with Gasteiger partial charge in [0, 0.05) is 15.6 Å².